The lowest BCUT2D eigenvalue weighted by Gasteiger charge is -2.40. The van der Waals surface area contributed by atoms with Crippen molar-refractivity contribution < 1.29 is 4.74 Å². The molecular formula is C48H27N5O. The predicted molar refractivity (Wildman–Crippen MR) is 214 cm³/mol. The normalized spacial score (nSPS) is 13.5. The van der Waals surface area contributed by atoms with Gasteiger partial charge in [0.15, 0.2) is 5.69 Å². The molecule has 0 amide bonds. The molecule has 4 aromatic heterocycles. The summed E-state index contributed by atoms with van der Waals surface area (Å²) in [7, 11) is 0. The highest BCUT2D eigenvalue weighted by molar-refractivity contribution is 6.11. The first kappa shape index (κ1) is 29.1. The molecule has 6 nitrogen and oxygen atoms in total. The molecule has 12 rings (SSSR count). The Morgan fingerprint density at radius 2 is 1.11 bits per heavy atom. The Morgan fingerprint density at radius 1 is 0.500 bits per heavy atom. The molecule has 2 aliphatic rings. The number of fused-ring (bicyclic) bond motifs is 15. The SMILES string of the molecule is [C-]#[N+]c1ccc2c(c1)c1ccccc1n2-c1cccc2c1C1(c3ccc(-n4c5ccccc5c5ccccc54)cc3O2)c2cccnc2-c2ncccc21. The molecule has 1 aliphatic heterocycles. The fourth-order valence-corrected chi connectivity index (χ4v) is 9.45. The van der Waals surface area contributed by atoms with Crippen molar-refractivity contribution in [3.63, 3.8) is 0 Å². The molecule has 10 aromatic rings. The van der Waals surface area contributed by atoms with Gasteiger partial charge in [-0.3, -0.25) is 9.97 Å². The summed E-state index contributed by atoms with van der Waals surface area (Å²) < 4.78 is 11.8. The van der Waals surface area contributed by atoms with Gasteiger partial charge in [-0.05, 0) is 77.2 Å². The maximum atomic E-state index is 7.77. The first-order valence-electron chi connectivity index (χ1n) is 18.0. The number of pyridine rings is 2. The van der Waals surface area contributed by atoms with Crippen molar-refractivity contribution >= 4 is 49.3 Å². The average Bonchev–Trinajstić information content (AvgIpc) is 3.85. The highest BCUT2D eigenvalue weighted by Gasteiger charge is 2.54. The molecule has 0 saturated heterocycles. The molecule has 0 N–H and O–H groups in total. The van der Waals surface area contributed by atoms with Gasteiger partial charge >= 0.3 is 0 Å². The summed E-state index contributed by atoms with van der Waals surface area (Å²) in [5, 5.41) is 4.55. The lowest BCUT2D eigenvalue weighted by Crippen LogP contribution is -2.33. The Labute approximate surface area is 309 Å². The van der Waals surface area contributed by atoms with Crippen molar-refractivity contribution in [3.8, 4) is 34.3 Å². The number of benzene rings is 6. The second-order valence-electron chi connectivity index (χ2n) is 14.0. The van der Waals surface area contributed by atoms with Gasteiger partial charge in [0.2, 0.25) is 0 Å². The molecule has 0 unspecified atom stereocenters. The molecule has 54 heavy (non-hydrogen) atoms. The molecule has 6 heteroatoms. The summed E-state index contributed by atoms with van der Waals surface area (Å²) in [5.74, 6) is 1.56. The lowest BCUT2D eigenvalue weighted by molar-refractivity contribution is 0.435. The fraction of sp³-hybridized carbons (Fsp3) is 0.0208. The molecule has 0 radical (unpaired) electrons. The van der Waals surface area contributed by atoms with Crippen molar-refractivity contribution in [2.45, 2.75) is 5.41 Å². The third kappa shape index (κ3) is 3.58. The molecular weight excluding hydrogens is 663 g/mol. The minimum absolute atomic E-state index is 0.615. The monoisotopic (exact) mass is 689 g/mol. The van der Waals surface area contributed by atoms with Crippen molar-refractivity contribution in [3.05, 3.63) is 198 Å². The zero-order valence-corrected chi connectivity index (χ0v) is 28.7. The van der Waals surface area contributed by atoms with Crippen LogP contribution >= 0.6 is 0 Å². The number of nitrogens with zero attached hydrogens (tertiary/aromatic N) is 5. The van der Waals surface area contributed by atoms with E-state index in [-0.39, 0.29) is 0 Å². The Kier molecular flexibility index (Phi) is 5.68. The minimum Gasteiger partial charge on any atom is -0.457 e. The average molecular weight is 690 g/mol. The van der Waals surface area contributed by atoms with E-state index in [0.717, 1.165) is 89.4 Å². The Hall–Kier alpha value is -7.49. The van der Waals surface area contributed by atoms with Gasteiger partial charge in [-0.25, -0.2) is 4.85 Å². The summed E-state index contributed by atoms with van der Waals surface area (Å²) in [5.41, 5.74) is 12.1. The molecule has 1 spiro atoms. The number of hydrogen-bond acceptors (Lipinski definition) is 3. The Morgan fingerprint density at radius 3 is 1.78 bits per heavy atom. The van der Waals surface area contributed by atoms with Crippen LogP contribution in [0.25, 0.3) is 71.2 Å². The topological polar surface area (TPSA) is 49.2 Å². The van der Waals surface area contributed by atoms with Crippen LogP contribution in [0.1, 0.15) is 22.3 Å². The summed E-state index contributed by atoms with van der Waals surface area (Å²) in [6.07, 6.45) is 3.72. The largest absolute Gasteiger partial charge is 0.457 e. The minimum atomic E-state index is -0.805. The van der Waals surface area contributed by atoms with Gasteiger partial charge in [0, 0.05) is 51.4 Å². The smallest absolute Gasteiger partial charge is 0.188 e. The van der Waals surface area contributed by atoms with E-state index in [1.54, 1.807) is 0 Å². The van der Waals surface area contributed by atoms with E-state index >= 15 is 0 Å². The molecule has 6 aromatic carbocycles. The number of rotatable bonds is 2. The van der Waals surface area contributed by atoms with Crippen LogP contribution in [0.15, 0.2) is 164 Å². The summed E-state index contributed by atoms with van der Waals surface area (Å²) in [6.45, 7) is 7.77. The van der Waals surface area contributed by atoms with Gasteiger partial charge in [-0.2, -0.15) is 0 Å². The molecule has 0 atom stereocenters. The van der Waals surface area contributed by atoms with E-state index in [9.17, 15) is 0 Å². The molecule has 0 fully saturated rings. The van der Waals surface area contributed by atoms with Crippen LogP contribution in [-0.4, -0.2) is 19.1 Å². The highest BCUT2D eigenvalue weighted by atomic mass is 16.5. The van der Waals surface area contributed by atoms with Crippen molar-refractivity contribution in [1.29, 1.82) is 0 Å². The van der Waals surface area contributed by atoms with Crippen molar-refractivity contribution in [1.82, 2.24) is 19.1 Å². The zero-order chi connectivity index (χ0) is 35.5. The maximum Gasteiger partial charge on any atom is 0.188 e. The van der Waals surface area contributed by atoms with Crippen LogP contribution in [0.3, 0.4) is 0 Å². The van der Waals surface area contributed by atoms with Gasteiger partial charge in [-0.1, -0.05) is 84.9 Å². The highest BCUT2D eigenvalue weighted by Crippen LogP contribution is 2.63. The van der Waals surface area contributed by atoms with E-state index in [4.69, 9.17) is 21.3 Å². The molecule has 1 aliphatic carbocycles. The van der Waals surface area contributed by atoms with Gasteiger partial charge in [-0.15, -0.1) is 0 Å². The fourth-order valence-electron chi connectivity index (χ4n) is 9.45. The number of aromatic nitrogens is 4. The summed E-state index contributed by atoms with van der Waals surface area (Å²) in [4.78, 5) is 13.8. The van der Waals surface area contributed by atoms with E-state index in [1.807, 2.05) is 36.7 Å². The zero-order valence-electron chi connectivity index (χ0n) is 28.7. The summed E-state index contributed by atoms with van der Waals surface area (Å²) >= 11 is 0. The van der Waals surface area contributed by atoms with Crippen molar-refractivity contribution in [2.75, 3.05) is 0 Å². The molecule has 250 valence electrons. The predicted octanol–water partition coefficient (Wildman–Crippen LogP) is 11.7. The van der Waals surface area contributed by atoms with Gasteiger partial charge < -0.3 is 13.9 Å². The maximum absolute atomic E-state index is 7.77. The first-order chi connectivity index (χ1) is 26.8. The van der Waals surface area contributed by atoms with Crippen LogP contribution in [0.5, 0.6) is 11.5 Å². The van der Waals surface area contributed by atoms with Crippen LogP contribution in [0, 0.1) is 6.57 Å². The van der Waals surface area contributed by atoms with E-state index in [0.29, 0.717) is 5.69 Å². The van der Waals surface area contributed by atoms with E-state index in [1.165, 1.54) is 10.8 Å². The van der Waals surface area contributed by atoms with Crippen molar-refractivity contribution in [2.24, 2.45) is 0 Å². The third-order valence-electron chi connectivity index (χ3n) is 11.5. The van der Waals surface area contributed by atoms with Gasteiger partial charge in [0.1, 0.15) is 11.5 Å². The second-order valence-corrected chi connectivity index (χ2v) is 14.0. The third-order valence-corrected chi connectivity index (χ3v) is 11.5. The molecule has 0 saturated carbocycles. The standard InChI is InChI=1S/C48H27N5O/c1-49-29-21-24-41-34(27-29)33-13-4-7-18-40(33)53(41)42-19-8-20-43-45(42)48(36-14-9-25-50-46(36)47-37(48)15-10-26-51-47)35-23-22-30(28-44(35)54-43)52-38-16-5-2-11-31(38)32-12-3-6-17-39(32)52/h2-28H. The van der Waals surface area contributed by atoms with Crippen LogP contribution in [0.2, 0.25) is 0 Å². The quantitative estimate of drug-likeness (QED) is 0.170. The first-order valence-corrected chi connectivity index (χ1v) is 18.0. The van der Waals surface area contributed by atoms with Crippen LogP contribution in [0.4, 0.5) is 5.69 Å². The number of hydrogen-bond donors (Lipinski definition) is 0. The number of para-hydroxylation sites is 3. The van der Waals surface area contributed by atoms with Gasteiger partial charge in [0.25, 0.3) is 0 Å². The second kappa shape index (κ2) is 10.5. The molecule has 5 heterocycles. The Balaban J connectivity index is 1.21. The van der Waals surface area contributed by atoms with Crippen LogP contribution in [-0.2, 0) is 5.41 Å². The Bertz CT molecular complexity index is 3190. The summed E-state index contributed by atoms with van der Waals surface area (Å²) in [6, 6.07) is 53.1. The molecule has 0 bridgehead atoms. The van der Waals surface area contributed by atoms with E-state index < -0.39 is 5.41 Å². The van der Waals surface area contributed by atoms with Gasteiger partial charge in [0.05, 0.1) is 51.1 Å². The lowest BCUT2D eigenvalue weighted by atomic mass is 9.65. The number of ether oxygens (including phenoxy) is 1. The van der Waals surface area contributed by atoms with Crippen LogP contribution < -0.4 is 4.74 Å². The van der Waals surface area contributed by atoms with E-state index in [2.05, 4.69) is 141 Å².